The van der Waals surface area contributed by atoms with Crippen LogP contribution in [0.25, 0.3) is 0 Å². The number of rotatable bonds is 10. The zero-order valence-electron chi connectivity index (χ0n) is 19.0. The molecule has 3 aromatic rings. The number of aromatic nitrogens is 3. The summed E-state index contributed by atoms with van der Waals surface area (Å²) in [7, 11) is -2.08. The van der Waals surface area contributed by atoms with Crippen LogP contribution in [0, 0.1) is 0 Å². The van der Waals surface area contributed by atoms with Crippen LogP contribution in [-0.4, -0.2) is 42.6 Å². The Morgan fingerprint density at radius 1 is 1.09 bits per heavy atom. The van der Waals surface area contributed by atoms with Crippen molar-refractivity contribution in [3.8, 4) is 0 Å². The number of pyridine rings is 1. The van der Waals surface area contributed by atoms with Crippen molar-refractivity contribution in [2.45, 2.75) is 26.7 Å². The molecule has 0 bridgehead atoms. The van der Waals surface area contributed by atoms with Crippen LogP contribution in [0.4, 0.5) is 27.7 Å². The summed E-state index contributed by atoms with van der Waals surface area (Å²) in [5.41, 5.74) is 2.51. The van der Waals surface area contributed by atoms with Gasteiger partial charge in [-0.15, -0.1) is 0 Å². The van der Waals surface area contributed by atoms with E-state index in [0.29, 0.717) is 12.1 Å². The van der Waals surface area contributed by atoms with Crippen LogP contribution in [-0.2, 0) is 34.6 Å². The molecule has 3 rings (SSSR count). The normalized spacial score (nSPS) is 11.1. The third kappa shape index (κ3) is 6.61. The minimum atomic E-state index is -3.50. The minimum Gasteiger partial charge on any atom is -0.365 e. The SMILES string of the molecule is CC(=O)NCc1ccc(Nc2ncc(CF)c(NCc3cccnc3N(C)S(C)(=O)=O)n2)cc1. The highest BCUT2D eigenvalue weighted by Crippen LogP contribution is 2.22. The number of nitrogens with zero attached hydrogens (tertiary/aromatic N) is 4. The number of hydrogen-bond donors (Lipinski definition) is 3. The number of halogens is 1. The molecule has 0 radical (unpaired) electrons. The van der Waals surface area contributed by atoms with Gasteiger partial charge in [-0.05, 0) is 23.8 Å². The lowest BCUT2D eigenvalue weighted by molar-refractivity contribution is -0.119. The van der Waals surface area contributed by atoms with Gasteiger partial charge in [-0.3, -0.25) is 9.10 Å². The Labute approximate surface area is 197 Å². The summed E-state index contributed by atoms with van der Waals surface area (Å²) in [6, 6.07) is 10.8. The molecule has 180 valence electrons. The molecule has 0 saturated carbocycles. The Balaban J connectivity index is 1.75. The second kappa shape index (κ2) is 10.9. The van der Waals surface area contributed by atoms with Gasteiger partial charge < -0.3 is 16.0 Å². The first-order valence-electron chi connectivity index (χ1n) is 10.3. The third-order valence-corrected chi connectivity index (χ3v) is 6.04. The molecule has 1 aromatic carbocycles. The number of sulfonamides is 1. The zero-order valence-corrected chi connectivity index (χ0v) is 19.9. The molecule has 0 spiro atoms. The first-order chi connectivity index (χ1) is 16.2. The predicted octanol–water partition coefficient (Wildman–Crippen LogP) is 2.73. The van der Waals surface area contributed by atoms with Gasteiger partial charge in [0.1, 0.15) is 18.3 Å². The summed E-state index contributed by atoms with van der Waals surface area (Å²) in [6.07, 6.45) is 3.98. The second-order valence-electron chi connectivity index (χ2n) is 7.50. The number of anilines is 4. The first kappa shape index (κ1) is 24.8. The molecule has 0 saturated heterocycles. The average molecular weight is 488 g/mol. The Morgan fingerprint density at radius 3 is 2.47 bits per heavy atom. The summed E-state index contributed by atoms with van der Waals surface area (Å²) >= 11 is 0. The largest absolute Gasteiger partial charge is 0.365 e. The quantitative estimate of drug-likeness (QED) is 0.398. The number of carbonyl (C=O) groups excluding carboxylic acids is 1. The van der Waals surface area contributed by atoms with Crippen LogP contribution in [0.15, 0.2) is 48.8 Å². The molecule has 3 N–H and O–H groups in total. The fourth-order valence-electron chi connectivity index (χ4n) is 2.97. The average Bonchev–Trinajstić information content (AvgIpc) is 2.81. The highest BCUT2D eigenvalue weighted by atomic mass is 32.2. The highest BCUT2D eigenvalue weighted by Gasteiger charge is 2.17. The van der Waals surface area contributed by atoms with Gasteiger partial charge in [-0.25, -0.2) is 22.8 Å². The van der Waals surface area contributed by atoms with Crippen molar-refractivity contribution < 1.29 is 17.6 Å². The van der Waals surface area contributed by atoms with E-state index in [9.17, 15) is 17.6 Å². The van der Waals surface area contributed by atoms with E-state index in [1.165, 1.54) is 26.4 Å². The molecule has 34 heavy (non-hydrogen) atoms. The van der Waals surface area contributed by atoms with Crippen LogP contribution >= 0.6 is 0 Å². The van der Waals surface area contributed by atoms with E-state index in [1.54, 1.807) is 12.1 Å². The van der Waals surface area contributed by atoms with E-state index in [4.69, 9.17) is 0 Å². The van der Waals surface area contributed by atoms with Crippen molar-refractivity contribution in [1.82, 2.24) is 20.3 Å². The van der Waals surface area contributed by atoms with Crippen LogP contribution in [0.3, 0.4) is 0 Å². The van der Waals surface area contributed by atoms with Crippen LogP contribution < -0.4 is 20.3 Å². The van der Waals surface area contributed by atoms with Crippen molar-refractivity contribution in [1.29, 1.82) is 0 Å². The number of carbonyl (C=O) groups is 1. The predicted molar refractivity (Wildman–Crippen MR) is 129 cm³/mol. The molecule has 2 heterocycles. The van der Waals surface area contributed by atoms with Gasteiger partial charge in [0, 0.05) is 56.3 Å². The second-order valence-corrected chi connectivity index (χ2v) is 9.52. The Bertz CT molecular complexity index is 1250. The molecule has 2 aromatic heterocycles. The van der Waals surface area contributed by atoms with Crippen molar-refractivity contribution in [3.05, 3.63) is 65.5 Å². The summed E-state index contributed by atoms with van der Waals surface area (Å²) < 4.78 is 38.5. The van der Waals surface area contributed by atoms with E-state index in [1.807, 2.05) is 24.3 Å². The molecular weight excluding hydrogens is 461 g/mol. The molecule has 0 unspecified atom stereocenters. The molecule has 0 fully saturated rings. The molecule has 10 nitrogen and oxygen atoms in total. The third-order valence-electron chi connectivity index (χ3n) is 4.87. The first-order valence-corrected chi connectivity index (χ1v) is 12.2. The van der Waals surface area contributed by atoms with Crippen molar-refractivity contribution >= 4 is 39.2 Å². The monoisotopic (exact) mass is 487 g/mol. The fourth-order valence-corrected chi connectivity index (χ4v) is 3.45. The molecular formula is C22H26FN7O3S. The smallest absolute Gasteiger partial charge is 0.233 e. The minimum absolute atomic E-state index is 0.107. The number of benzene rings is 1. The summed E-state index contributed by atoms with van der Waals surface area (Å²) in [5.74, 6) is 0.698. The zero-order chi connectivity index (χ0) is 24.7. The maximum atomic E-state index is 13.5. The molecule has 12 heteroatoms. The molecule has 0 aliphatic rings. The lowest BCUT2D eigenvalue weighted by atomic mass is 10.2. The van der Waals surface area contributed by atoms with Crippen LogP contribution in [0.2, 0.25) is 0 Å². The molecule has 0 aliphatic carbocycles. The van der Waals surface area contributed by atoms with E-state index in [0.717, 1.165) is 21.8 Å². The molecule has 0 aliphatic heterocycles. The van der Waals surface area contributed by atoms with E-state index < -0.39 is 16.7 Å². The Kier molecular flexibility index (Phi) is 7.95. The van der Waals surface area contributed by atoms with E-state index >= 15 is 0 Å². The highest BCUT2D eigenvalue weighted by molar-refractivity contribution is 7.92. The lowest BCUT2D eigenvalue weighted by Crippen LogP contribution is -2.27. The van der Waals surface area contributed by atoms with E-state index in [2.05, 4.69) is 30.9 Å². The maximum absolute atomic E-state index is 13.5. The maximum Gasteiger partial charge on any atom is 0.233 e. The Hall–Kier alpha value is -3.80. The fraction of sp³-hybridized carbons (Fsp3) is 0.273. The molecule has 0 atom stereocenters. The lowest BCUT2D eigenvalue weighted by Gasteiger charge is -2.19. The van der Waals surface area contributed by atoms with Crippen molar-refractivity contribution in [3.63, 3.8) is 0 Å². The Morgan fingerprint density at radius 2 is 1.82 bits per heavy atom. The topological polar surface area (TPSA) is 129 Å². The van der Waals surface area contributed by atoms with Crippen LogP contribution in [0.1, 0.15) is 23.6 Å². The van der Waals surface area contributed by atoms with Gasteiger partial charge in [0.05, 0.1) is 6.26 Å². The number of alkyl halides is 1. The van der Waals surface area contributed by atoms with Gasteiger partial charge in [0.25, 0.3) is 0 Å². The summed E-state index contributed by atoms with van der Waals surface area (Å²) in [5, 5.41) is 8.85. The van der Waals surface area contributed by atoms with Gasteiger partial charge in [0.15, 0.2) is 0 Å². The van der Waals surface area contributed by atoms with Gasteiger partial charge in [-0.2, -0.15) is 4.98 Å². The van der Waals surface area contributed by atoms with Crippen molar-refractivity contribution in [2.75, 3.05) is 28.2 Å². The molecule has 1 amide bonds. The van der Waals surface area contributed by atoms with Crippen LogP contribution in [0.5, 0.6) is 0 Å². The number of nitrogens with one attached hydrogen (secondary N) is 3. The van der Waals surface area contributed by atoms with Gasteiger partial charge >= 0.3 is 0 Å². The summed E-state index contributed by atoms with van der Waals surface area (Å²) in [4.78, 5) is 23.7. The summed E-state index contributed by atoms with van der Waals surface area (Å²) in [6.45, 7) is 1.28. The van der Waals surface area contributed by atoms with E-state index in [-0.39, 0.29) is 35.6 Å². The number of amides is 1. The van der Waals surface area contributed by atoms with Crippen molar-refractivity contribution in [2.24, 2.45) is 0 Å². The number of hydrogen-bond acceptors (Lipinski definition) is 8. The van der Waals surface area contributed by atoms with Gasteiger partial charge in [-0.1, -0.05) is 18.2 Å². The standard InChI is InChI=1S/C22H26FN7O3S/c1-15(31)25-12-16-6-8-19(9-7-16)28-22-27-14-18(11-23)20(29-22)26-13-17-5-4-10-24-21(17)30(2)34(3,32)33/h4-10,14H,11-13H2,1-3H3,(H,25,31)(H2,26,27,28,29). The van der Waals surface area contributed by atoms with Gasteiger partial charge in [0.2, 0.25) is 21.9 Å².